The number of hydrogen-bond acceptors (Lipinski definition) is 0. The van der Waals surface area contributed by atoms with Crippen LogP contribution in [0.5, 0.6) is 0 Å². The van der Waals surface area contributed by atoms with Crippen molar-refractivity contribution in [2.75, 3.05) is 0 Å². The number of rotatable bonds is 1. The Morgan fingerprint density at radius 2 is 1.79 bits per heavy atom. The summed E-state index contributed by atoms with van der Waals surface area (Å²) in [6.45, 7) is 10.4. The van der Waals surface area contributed by atoms with Gasteiger partial charge >= 0.3 is 0 Å². The predicted octanol–water partition coefficient (Wildman–Crippen LogP) is 4.59. The van der Waals surface area contributed by atoms with Crippen LogP contribution in [0.3, 0.4) is 0 Å². The third-order valence-corrected chi connectivity index (χ3v) is 4.27. The Hall–Kier alpha value is -0.0700. The number of alkyl halides is 1. The monoisotopic (exact) mass is 200 g/mol. The molecule has 2 atom stereocenters. The lowest BCUT2D eigenvalue weighted by atomic mass is 9.72. The Labute approximate surface area is 88.3 Å². The van der Waals surface area contributed by atoms with Gasteiger partial charge in [-0.05, 0) is 43.9 Å². The average Bonchev–Trinajstić information content (AvgIpc) is 2.11. The SMILES string of the molecule is C[C@@H]1CCCC(C(C)(C)F)CC1(C)C. The summed E-state index contributed by atoms with van der Waals surface area (Å²) in [5.41, 5.74) is -0.689. The van der Waals surface area contributed by atoms with Crippen molar-refractivity contribution in [2.45, 2.75) is 66.0 Å². The summed E-state index contributed by atoms with van der Waals surface area (Å²) in [6, 6.07) is 0. The van der Waals surface area contributed by atoms with Crippen LogP contribution >= 0.6 is 0 Å². The highest BCUT2D eigenvalue weighted by Crippen LogP contribution is 2.45. The molecule has 0 spiro atoms. The van der Waals surface area contributed by atoms with Gasteiger partial charge in [-0.15, -0.1) is 0 Å². The molecule has 0 aliphatic heterocycles. The first-order valence-corrected chi connectivity index (χ1v) is 5.92. The lowest BCUT2D eigenvalue weighted by molar-refractivity contribution is 0.0752. The maximum absolute atomic E-state index is 13.9. The first-order valence-electron chi connectivity index (χ1n) is 5.92. The first-order chi connectivity index (χ1) is 6.23. The van der Waals surface area contributed by atoms with E-state index in [0.29, 0.717) is 5.41 Å². The van der Waals surface area contributed by atoms with E-state index in [9.17, 15) is 4.39 Å². The molecule has 0 nitrogen and oxygen atoms in total. The second-order valence-electron chi connectivity index (χ2n) is 6.29. The minimum Gasteiger partial charge on any atom is -0.244 e. The highest BCUT2D eigenvalue weighted by atomic mass is 19.1. The zero-order valence-electron chi connectivity index (χ0n) is 10.4. The van der Waals surface area contributed by atoms with Crippen LogP contribution in [0, 0.1) is 17.3 Å². The molecule has 1 unspecified atom stereocenters. The molecule has 1 fully saturated rings. The predicted molar refractivity (Wildman–Crippen MR) is 60.1 cm³/mol. The Kier molecular flexibility index (Phi) is 3.28. The van der Waals surface area contributed by atoms with Crippen molar-refractivity contribution >= 4 is 0 Å². The standard InChI is InChI=1S/C13H25F/c1-10-7-6-8-11(13(4,5)14)9-12(10,2)3/h10-11H,6-9H2,1-5H3/t10-,11?/m1/s1. The summed E-state index contributed by atoms with van der Waals surface area (Å²) in [5, 5.41) is 0. The molecule has 0 bridgehead atoms. The third kappa shape index (κ3) is 2.71. The van der Waals surface area contributed by atoms with Crippen molar-refractivity contribution in [1.29, 1.82) is 0 Å². The van der Waals surface area contributed by atoms with Gasteiger partial charge in [0.05, 0.1) is 0 Å². The molecule has 0 N–H and O–H groups in total. The lowest BCUT2D eigenvalue weighted by Crippen LogP contribution is -2.31. The molecule has 1 heteroatoms. The fraction of sp³-hybridized carbons (Fsp3) is 1.00. The fourth-order valence-electron chi connectivity index (χ4n) is 2.59. The molecule has 0 aromatic carbocycles. The molecule has 1 aliphatic carbocycles. The molecule has 0 saturated heterocycles. The van der Waals surface area contributed by atoms with Crippen molar-refractivity contribution in [2.24, 2.45) is 17.3 Å². The van der Waals surface area contributed by atoms with E-state index in [2.05, 4.69) is 20.8 Å². The number of hydrogen-bond donors (Lipinski definition) is 0. The van der Waals surface area contributed by atoms with Crippen LogP contribution < -0.4 is 0 Å². The van der Waals surface area contributed by atoms with E-state index in [-0.39, 0.29) is 5.92 Å². The van der Waals surface area contributed by atoms with E-state index in [1.165, 1.54) is 12.8 Å². The maximum atomic E-state index is 13.9. The topological polar surface area (TPSA) is 0 Å². The van der Waals surface area contributed by atoms with Gasteiger partial charge in [0.15, 0.2) is 0 Å². The van der Waals surface area contributed by atoms with E-state index in [1.807, 2.05) is 0 Å². The Morgan fingerprint density at radius 1 is 1.21 bits per heavy atom. The summed E-state index contributed by atoms with van der Waals surface area (Å²) in [7, 11) is 0. The van der Waals surface area contributed by atoms with Gasteiger partial charge in [0.25, 0.3) is 0 Å². The Morgan fingerprint density at radius 3 is 2.29 bits per heavy atom. The van der Waals surface area contributed by atoms with Crippen LogP contribution in [-0.4, -0.2) is 5.67 Å². The van der Waals surface area contributed by atoms with Crippen molar-refractivity contribution in [3.63, 3.8) is 0 Å². The van der Waals surface area contributed by atoms with E-state index in [1.54, 1.807) is 13.8 Å². The molecule has 1 rings (SSSR count). The lowest BCUT2D eigenvalue weighted by Gasteiger charge is -2.35. The smallest absolute Gasteiger partial charge is 0.108 e. The molecule has 1 aliphatic rings. The Balaban J connectivity index is 2.75. The zero-order chi connectivity index (χ0) is 11.0. The quantitative estimate of drug-likeness (QED) is 0.543. The number of halogens is 1. The zero-order valence-corrected chi connectivity index (χ0v) is 10.4. The van der Waals surface area contributed by atoms with E-state index in [0.717, 1.165) is 18.8 Å². The van der Waals surface area contributed by atoms with Gasteiger partial charge in [0, 0.05) is 0 Å². The summed E-state index contributed by atoms with van der Waals surface area (Å²) in [4.78, 5) is 0. The second kappa shape index (κ2) is 3.83. The summed E-state index contributed by atoms with van der Waals surface area (Å²) in [6.07, 6.45) is 4.57. The van der Waals surface area contributed by atoms with Gasteiger partial charge in [0.1, 0.15) is 5.67 Å². The molecule has 0 aromatic rings. The third-order valence-electron chi connectivity index (χ3n) is 4.27. The molecule has 0 amide bonds. The minimum absolute atomic E-state index is 0.252. The fourth-order valence-corrected chi connectivity index (χ4v) is 2.59. The van der Waals surface area contributed by atoms with Crippen LogP contribution in [0.2, 0.25) is 0 Å². The molecular formula is C13H25F. The molecule has 0 radical (unpaired) electrons. The Bertz CT molecular complexity index is 188. The maximum Gasteiger partial charge on any atom is 0.108 e. The largest absolute Gasteiger partial charge is 0.244 e. The highest BCUT2D eigenvalue weighted by molar-refractivity contribution is 4.88. The van der Waals surface area contributed by atoms with E-state index in [4.69, 9.17) is 0 Å². The summed E-state index contributed by atoms with van der Waals surface area (Å²) < 4.78 is 13.9. The van der Waals surface area contributed by atoms with Gasteiger partial charge in [-0.25, -0.2) is 4.39 Å². The van der Waals surface area contributed by atoms with Crippen LogP contribution in [0.4, 0.5) is 4.39 Å². The molecule has 0 heterocycles. The van der Waals surface area contributed by atoms with Crippen LogP contribution in [0.15, 0.2) is 0 Å². The average molecular weight is 200 g/mol. The molecule has 0 aromatic heterocycles. The molecule has 14 heavy (non-hydrogen) atoms. The van der Waals surface area contributed by atoms with Gasteiger partial charge in [-0.3, -0.25) is 0 Å². The normalized spacial score (nSPS) is 33.9. The van der Waals surface area contributed by atoms with Gasteiger partial charge < -0.3 is 0 Å². The molecule has 1 saturated carbocycles. The van der Waals surface area contributed by atoms with Crippen LogP contribution in [0.25, 0.3) is 0 Å². The highest BCUT2D eigenvalue weighted by Gasteiger charge is 2.38. The van der Waals surface area contributed by atoms with Crippen molar-refractivity contribution in [1.82, 2.24) is 0 Å². The summed E-state index contributed by atoms with van der Waals surface area (Å²) >= 11 is 0. The van der Waals surface area contributed by atoms with Crippen LogP contribution in [0.1, 0.15) is 60.3 Å². The van der Waals surface area contributed by atoms with Crippen molar-refractivity contribution in [3.8, 4) is 0 Å². The van der Waals surface area contributed by atoms with Gasteiger partial charge in [0.2, 0.25) is 0 Å². The summed E-state index contributed by atoms with van der Waals surface area (Å²) in [5.74, 6) is 0.984. The minimum atomic E-state index is -0.999. The second-order valence-corrected chi connectivity index (χ2v) is 6.29. The van der Waals surface area contributed by atoms with Crippen LogP contribution in [-0.2, 0) is 0 Å². The molecule has 84 valence electrons. The van der Waals surface area contributed by atoms with Gasteiger partial charge in [-0.1, -0.05) is 33.6 Å². The van der Waals surface area contributed by atoms with Crippen molar-refractivity contribution in [3.05, 3.63) is 0 Å². The van der Waals surface area contributed by atoms with E-state index >= 15 is 0 Å². The van der Waals surface area contributed by atoms with Crippen molar-refractivity contribution < 1.29 is 4.39 Å². The molecular weight excluding hydrogens is 175 g/mol. The van der Waals surface area contributed by atoms with Gasteiger partial charge in [-0.2, -0.15) is 0 Å². The first kappa shape index (κ1) is 12.0. The van der Waals surface area contributed by atoms with E-state index < -0.39 is 5.67 Å².